The number of carbonyl (C=O) groups is 1. The Kier molecular flexibility index (Phi) is 4.12. The van der Waals surface area contributed by atoms with E-state index in [1.165, 1.54) is 5.56 Å². The number of cyclic esters (lactones) is 1. The van der Waals surface area contributed by atoms with Crippen LogP contribution in [0.2, 0.25) is 0 Å². The highest BCUT2D eigenvalue weighted by Crippen LogP contribution is 2.34. The van der Waals surface area contributed by atoms with Gasteiger partial charge in [0.05, 0.1) is 19.3 Å². The predicted molar refractivity (Wildman–Crippen MR) is 78.4 cm³/mol. The maximum Gasteiger partial charge on any atom is 0.414 e. The van der Waals surface area contributed by atoms with Gasteiger partial charge >= 0.3 is 6.09 Å². The normalized spacial score (nSPS) is 29.5. The van der Waals surface area contributed by atoms with Crippen molar-refractivity contribution in [3.8, 4) is 0 Å². The van der Waals surface area contributed by atoms with Gasteiger partial charge in [0.2, 0.25) is 0 Å². The molecule has 1 aliphatic heterocycles. The first kappa shape index (κ1) is 14.4. The Morgan fingerprint density at radius 1 is 1.14 bits per heavy atom. The number of rotatable bonds is 3. The second kappa shape index (κ2) is 6.03. The SMILES string of the molecule is O=C1OC(CO)CN1c1ccc(C2CCC(O)CC2)cc1. The third kappa shape index (κ3) is 3.04. The maximum absolute atomic E-state index is 11.7. The van der Waals surface area contributed by atoms with Gasteiger partial charge in [-0.3, -0.25) is 4.90 Å². The summed E-state index contributed by atoms with van der Waals surface area (Å²) in [6.07, 6.45) is 2.78. The maximum atomic E-state index is 11.7. The van der Waals surface area contributed by atoms with E-state index in [-0.39, 0.29) is 12.7 Å². The van der Waals surface area contributed by atoms with E-state index in [9.17, 15) is 9.90 Å². The lowest BCUT2D eigenvalue weighted by Crippen LogP contribution is -2.25. The monoisotopic (exact) mass is 291 g/mol. The average molecular weight is 291 g/mol. The molecule has 1 saturated heterocycles. The number of benzene rings is 1. The molecule has 0 aromatic heterocycles. The van der Waals surface area contributed by atoms with Crippen molar-refractivity contribution in [2.45, 2.75) is 43.8 Å². The van der Waals surface area contributed by atoms with E-state index >= 15 is 0 Å². The van der Waals surface area contributed by atoms with E-state index in [2.05, 4.69) is 12.1 Å². The number of amides is 1. The predicted octanol–water partition coefficient (Wildman–Crippen LogP) is 2.02. The summed E-state index contributed by atoms with van der Waals surface area (Å²) in [7, 11) is 0. The fourth-order valence-electron chi connectivity index (χ4n) is 3.16. The van der Waals surface area contributed by atoms with E-state index in [0.29, 0.717) is 12.5 Å². The van der Waals surface area contributed by atoms with Crippen LogP contribution in [0.1, 0.15) is 37.2 Å². The quantitative estimate of drug-likeness (QED) is 0.894. The van der Waals surface area contributed by atoms with Crippen molar-refractivity contribution in [2.75, 3.05) is 18.1 Å². The molecule has 1 amide bonds. The van der Waals surface area contributed by atoms with Gasteiger partial charge in [-0.15, -0.1) is 0 Å². The third-order valence-corrected chi connectivity index (χ3v) is 4.45. The van der Waals surface area contributed by atoms with Gasteiger partial charge in [0.25, 0.3) is 0 Å². The van der Waals surface area contributed by atoms with Gasteiger partial charge in [-0.1, -0.05) is 12.1 Å². The van der Waals surface area contributed by atoms with Crippen molar-refractivity contribution in [3.63, 3.8) is 0 Å². The van der Waals surface area contributed by atoms with E-state index < -0.39 is 12.2 Å². The largest absolute Gasteiger partial charge is 0.441 e. The highest BCUT2D eigenvalue weighted by molar-refractivity contribution is 5.89. The summed E-state index contributed by atoms with van der Waals surface area (Å²) in [6.45, 7) is 0.245. The first-order chi connectivity index (χ1) is 10.2. The minimum absolute atomic E-state index is 0.143. The molecular weight excluding hydrogens is 270 g/mol. The summed E-state index contributed by atoms with van der Waals surface area (Å²) >= 11 is 0. The topological polar surface area (TPSA) is 70.0 Å². The lowest BCUT2D eigenvalue weighted by Gasteiger charge is -2.26. The molecule has 1 unspecified atom stereocenters. The Labute approximate surface area is 124 Å². The van der Waals surface area contributed by atoms with Crippen molar-refractivity contribution in [1.29, 1.82) is 0 Å². The van der Waals surface area contributed by atoms with Gasteiger partial charge in [-0.25, -0.2) is 4.79 Å². The van der Waals surface area contributed by atoms with Crippen LogP contribution in [0.4, 0.5) is 10.5 Å². The van der Waals surface area contributed by atoms with Crippen LogP contribution in [0, 0.1) is 0 Å². The molecule has 3 rings (SSSR count). The summed E-state index contributed by atoms with van der Waals surface area (Å²) in [4.78, 5) is 13.3. The number of ether oxygens (including phenoxy) is 1. The molecule has 2 aliphatic rings. The molecule has 5 heteroatoms. The molecule has 1 atom stereocenters. The Bertz CT molecular complexity index is 494. The van der Waals surface area contributed by atoms with Crippen molar-refractivity contribution in [3.05, 3.63) is 29.8 Å². The molecule has 1 aromatic rings. The summed E-state index contributed by atoms with van der Waals surface area (Å²) in [5.74, 6) is 0.498. The molecule has 0 bridgehead atoms. The smallest absolute Gasteiger partial charge is 0.414 e. The summed E-state index contributed by atoms with van der Waals surface area (Å²) < 4.78 is 5.05. The Hall–Kier alpha value is -1.59. The molecular formula is C16H21NO4. The van der Waals surface area contributed by atoms with Crippen LogP contribution in [-0.4, -0.2) is 41.7 Å². The lowest BCUT2D eigenvalue weighted by atomic mass is 9.83. The average Bonchev–Trinajstić information content (AvgIpc) is 2.89. The van der Waals surface area contributed by atoms with Crippen LogP contribution in [0.25, 0.3) is 0 Å². The molecule has 21 heavy (non-hydrogen) atoms. The van der Waals surface area contributed by atoms with E-state index in [1.54, 1.807) is 4.90 Å². The van der Waals surface area contributed by atoms with Crippen LogP contribution in [0.15, 0.2) is 24.3 Å². The van der Waals surface area contributed by atoms with Gasteiger partial charge in [0.15, 0.2) is 0 Å². The van der Waals surface area contributed by atoms with Gasteiger partial charge in [0.1, 0.15) is 6.10 Å². The number of carbonyl (C=O) groups excluding carboxylic acids is 1. The number of aliphatic hydroxyl groups is 2. The fourth-order valence-corrected chi connectivity index (χ4v) is 3.16. The number of aliphatic hydroxyl groups excluding tert-OH is 2. The van der Waals surface area contributed by atoms with Crippen LogP contribution in [0.3, 0.4) is 0 Å². The number of anilines is 1. The van der Waals surface area contributed by atoms with Crippen molar-refractivity contribution >= 4 is 11.8 Å². The van der Waals surface area contributed by atoms with Crippen LogP contribution in [-0.2, 0) is 4.74 Å². The van der Waals surface area contributed by atoms with Crippen molar-refractivity contribution in [2.24, 2.45) is 0 Å². The second-order valence-corrected chi connectivity index (χ2v) is 5.90. The molecule has 0 radical (unpaired) electrons. The van der Waals surface area contributed by atoms with Crippen LogP contribution >= 0.6 is 0 Å². The molecule has 1 aliphatic carbocycles. The second-order valence-electron chi connectivity index (χ2n) is 5.90. The van der Waals surface area contributed by atoms with Crippen LogP contribution < -0.4 is 4.90 Å². The Morgan fingerprint density at radius 3 is 2.38 bits per heavy atom. The number of nitrogens with zero attached hydrogens (tertiary/aromatic N) is 1. The van der Waals surface area contributed by atoms with Gasteiger partial charge in [-0.2, -0.15) is 0 Å². The van der Waals surface area contributed by atoms with Crippen molar-refractivity contribution in [1.82, 2.24) is 0 Å². The summed E-state index contributed by atoms with van der Waals surface area (Å²) in [6, 6.07) is 7.97. The first-order valence-electron chi connectivity index (χ1n) is 7.54. The molecule has 1 saturated carbocycles. The van der Waals surface area contributed by atoms with Gasteiger partial charge in [0, 0.05) is 5.69 Å². The minimum Gasteiger partial charge on any atom is -0.441 e. The fraction of sp³-hybridized carbons (Fsp3) is 0.562. The summed E-state index contributed by atoms with van der Waals surface area (Å²) in [5.41, 5.74) is 2.06. The Balaban J connectivity index is 1.68. The third-order valence-electron chi connectivity index (χ3n) is 4.45. The minimum atomic E-state index is -0.433. The van der Waals surface area contributed by atoms with Crippen molar-refractivity contribution < 1.29 is 19.7 Å². The standard InChI is InChI=1S/C16H21NO4/c18-10-15-9-17(16(20)21-15)13-5-1-11(2-6-13)12-3-7-14(19)8-4-12/h1-2,5-6,12,14-15,18-19H,3-4,7-10H2. The highest BCUT2D eigenvalue weighted by Gasteiger charge is 2.31. The molecule has 2 fully saturated rings. The number of hydrogen-bond acceptors (Lipinski definition) is 4. The molecule has 114 valence electrons. The molecule has 1 heterocycles. The van der Waals surface area contributed by atoms with Crippen LogP contribution in [0.5, 0.6) is 0 Å². The zero-order chi connectivity index (χ0) is 14.8. The van der Waals surface area contributed by atoms with Gasteiger partial charge < -0.3 is 14.9 Å². The van der Waals surface area contributed by atoms with E-state index in [4.69, 9.17) is 9.84 Å². The zero-order valence-electron chi connectivity index (χ0n) is 11.9. The Morgan fingerprint density at radius 2 is 1.81 bits per heavy atom. The first-order valence-corrected chi connectivity index (χ1v) is 7.54. The van der Waals surface area contributed by atoms with Gasteiger partial charge in [-0.05, 0) is 49.3 Å². The zero-order valence-corrected chi connectivity index (χ0v) is 11.9. The molecule has 0 spiro atoms. The van der Waals surface area contributed by atoms with E-state index in [0.717, 1.165) is 31.4 Å². The number of hydrogen-bond donors (Lipinski definition) is 2. The molecule has 2 N–H and O–H groups in total. The highest BCUT2D eigenvalue weighted by atomic mass is 16.6. The summed E-state index contributed by atoms with van der Waals surface area (Å²) in [5, 5.41) is 18.6. The molecule has 5 nitrogen and oxygen atoms in total. The van der Waals surface area contributed by atoms with E-state index in [1.807, 2.05) is 12.1 Å². The lowest BCUT2D eigenvalue weighted by molar-refractivity contribution is 0.0963. The molecule has 1 aromatic carbocycles.